The number of carboxylic acid groups (broad SMARTS) is 1. The SMILES string of the molecule is N[C@@H]1[C@@H](O)[C@@H](CO)O[C@@H]1C(=O)O. The normalized spacial score (nSPS) is 41.6. The van der Waals surface area contributed by atoms with Gasteiger partial charge in [0.05, 0.1) is 12.6 Å². The Hall–Kier alpha value is -0.690. The van der Waals surface area contributed by atoms with Crippen LogP contribution in [0.2, 0.25) is 0 Å². The van der Waals surface area contributed by atoms with Gasteiger partial charge in [0, 0.05) is 0 Å². The van der Waals surface area contributed by atoms with Crippen molar-refractivity contribution in [1.82, 2.24) is 0 Å². The van der Waals surface area contributed by atoms with Gasteiger partial charge in [0.25, 0.3) is 0 Å². The lowest BCUT2D eigenvalue weighted by Gasteiger charge is -2.11. The summed E-state index contributed by atoms with van der Waals surface area (Å²) in [6, 6.07) is -0.973. The van der Waals surface area contributed by atoms with Crippen LogP contribution in [0.4, 0.5) is 0 Å². The van der Waals surface area contributed by atoms with Crippen LogP contribution in [0.1, 0.15) is 0 Å². The number of hydrogen-bond donors (Lipinski definition) is 4. The maximum atomic E-state index is 10.4. The number of ether oxygens (including phenoxy) is 1. The lowest BCUT2D eigenvalue weighted by molar-refractivity contribution is -0.150. The molecule has 12 heavy (non-hydrogen) atoms. The van der Waals surface area contributed by atoms with Crippen LogP contribution in [0.25, 0.3) is 0 Å². The van der Waals surface area contributed by atoms with E-state index in [1.54, 1.807) is 0 Å². The minimum atomic E-state index is -1.22. The number of aliphatic hydroxyl groups is 2. The molecule has 6 heteroatoms. The molecular weight excluding hydrogens is 166 g/mol. The first-order chi connectivity index (χ1) is 5.57. The summed E-state index contributed by atoms with van der Waals surface area (Å²) in [5.41, 5.74) is 5.32. The van der Waals surface area contributed by atoms with Gasteiger partial charge in [0.1, 0.15) is 12.2 Å². The van der Waals surface area contributed by atoms with Gasteiger partial charge in [-0.3, -0.25) is 0 Å². The summed E-state index contributed by atoms with van der Waals surface area (Å²) in [7, 11) is 0. The molecule has 0 aliphatic carbocycles. The Kier molecular flexibility index (Phi) is 2.63. The quantitative estimate of drug-likeness (QED) is 0.371. The van der Waals surface area contributed by atoms with Crippen LogP contribution in [0.15, 0.2) is 0 Å². The average molecular weight is 177 g/mol. The molecule has 0 spiro atoms. The standard InChI is InChI=1S/C6H11NO5/c7-3-4(9)2(1-8)12-5(3)6(10)11/h2-5,8-9H,1,7H2,(H,10,11)/t2-,3-,4+,5+/m1/s1. The maximum Gasteiger partial charge on any atom is 0.334 e. The molecule has 1 aliphatic heterocycles. The lowest BCUT2D eigenvalue weighted by Crippen LogP contribution is -2.43. The molecule has 0 aromatic rings. The van der Waals surface area contributed by atoms with Gasteiger partial charge >= 0.3 is 5.97 Å². The van der Waals surface area contributed by atoms with Gasteiger partial charge in [-0.15, -0.1) is 0 Å². The van der Waals surface area contributed by atoms with Crippen molar-refractivity contribution in [2.45, 2.75) is 24.4 Å². The van der Waals surface area contributed by atoms with Crippen molar-refractivity contribution in [2.75, 3.05) is 6.61 Å². The Bertz CT molecular complexity index is 185. The second-order valence-corrected chi connectivity index (χ2v) is 2.68. The van der Waals surface area contributed by atoms with Crippen LogP contribution >= 0.6 is 0 Å². The number of hydrogen-bond acceptors (Lipinski definition) is 5. The number of carbonyl (C=O) groups is 1. The summed E-state index contributed by atoms with van der Waals surface area (Å²) in [4.78, 5) is 10.4. The van der Waals surface area contributed by atoms with Crippen molar-refractivity contribution in [3.05, 3.63) is 0 Å². The minimum absolute atomic E-state index is 0.432. The Morgan fingerprint density at radius 1 is 1.58 bits per heavy atom. The molecule has 6 nitrogen and oxygen atoms in total. The Labute approximate surface area is 68.6 Å². The van der Waals surface area contributed by atoms with Crippen LogP contribution in [-0.2, 0) is 9.53 Å². The fourth-order valence-electron chi connectivity index (χ4n) is 1.16. The van der Waals surface area contributed by atoms with Crippen LogP contribution in [-0.4, -0.2) is 52.2 Å². The molecular formula is C6H11NO5. The molecule has 0 unspecified atom stereocenters. The molecule has 1 heterocycles. The highest BCUT2D eigenvalue weighted by molar-refractivity contribution is 5.74. The monoisotopic (exact) mass is 177 g/mol. The molecule has 0 aromatic carbocycles. The molecule has 0 amide bonds. The van der Waals surface area contributed by atoms with Crippen molar-refractivity contribution >= 4 is 5.97 Å². The van der Waals surface area contributed by atoms with E-state index in [1.165, 1.54) is 0 Å². The molecule has 0 bridgehead atoms. The molecule has 4 atom stereocenters. The first-order valence-corrected chi connectivity index (χ1v) is 3.50. The highest BCUT2D eigenvalue weighted by Gasteiger charge is 2.44. The molecule has 5 N–H and O–H groups in total. The molecule has 1 aliphatic rings. The van der Waals surface area contributed by atoms with E-state index < -0.39 is 36.9 Å². The minimum Gasteiger partial charge on any atom is -0.479 e. The van der Waals surface area contributed by atoms with Crippen molar-refractivity contribution < 1.29 is 24.9 Å². The summed E-state index contributed by atoms with van der Waals surface area (Å²) < 4.78 is 4.77. The second kappa shape index (κ2) is 3.36. The third-order valence-electron chi connectivity index (χ3n) is 1.87. The second-order valence-electron chi connectivity index (χ2n) is 2.68. The van der Waals surface area contributed by atoms with E-state index in [1.807, 2.05) is 0 Å². The topological polar surface area (TPSA) is 113 Å². The number of nitrogens with two attached hydrogens (primary N) is 1. The van der Waals surface area contributed by atoms with E-state index in [-0.39, 0.29) is 0 Å². The van der Waals surface area contributed by atoms with Crippen molar-refractivity contribution in [2.24, 2.45) is 5.73 Å². The third-order valence-corrected chi connectivity index (χ3v) is 1.87. The highest BCUT2D eigenvalue weighted by Crippen LogP contribution is 2.19. The van der Waals surface area contributed by atoms with Gasteiger partial charge in [0.2, 0.25) is 0 Å². The summed E-state index contributed by atoms with van der Waals surface area (Å²) >= 11 is 0. The van der Waals surface area contributed by atoms with E-state index in [9.17, 15) is 9.90 Å². The van der Waals surface area contributed by atoms with Gasteiger partial charge in [-0.25, -0.2) is 4.79 Å². The van der Waals surface area contributed by atoms with Crippen molar-refractivity contribution in [3.63, 3.8) is 0 Å². The molecule has 1 saturated heterocycles. The molecule has 70 valence electrons. The zero-order valence-corrected chi connectivity index (χ0v) is 6.25. The lowest BCUT2D eigenvalue weighted by atomic mass is 10.1. The van der Waals surface area contributed by atoms with Crippen LogP contribution in [0, 0.1) is 0 Å². The maximum absolute atomic E-state index is 10.4. The largest absolute Gasteiger partial charge is 0.479 e. The molecule has 0 radical (unpaired) electrons. The van der Waals surface area contributed by atoms with E-state index in [0.29, 0.717) is 0 Å². The van der Waals surface area contributed by atoms with E-state index in [4.69, 9.17) is 20.7 Å². The first-order valence-electron chi connectivity index (χ1n) is 3.50. The molecule has 1 rings (SSSR count). The van der Waals surface area contributed by atoms with Crippen molar-refractivity contribution in [1.29, 1.82) is 0 Å². The zero-order chi connectivity index (χ0) is 9.30. The summed E-state index contributed by atoms with van der Waals surface area (Å²) in [6.45, 7) is -0.432. The number of carboxylic acids is 1. The van der Waals surface area contributed by atoms with Gasteiger partial charge in [-0.1, -0.05) is 0 Å². The van der Waals surface area contributed by atoms with Gasteiger partial charge in [-0.05, 0) is 0 Å². The smallest absolute Gasteiger partial charge is 0.334 e. The molecule has 0 saturated carbocycles. The Morgan fingerprint density at radius 3 is 2.42 bits per heavy atom. The predicted octanol–water partition coefficient (Wildman–Crippen LogP) is -2.48. The van der Waals surface area contributed by atoms with Crippen LogP contribution in [0.5, 0.6) is 0 Å². The number of rotatable bonds is 2. The first kappa shape index (κ1) is 9.40. The average Bonchev–Trinajstić information content (AvgIpc) is 2.30. The van der Waals surface area contributed by atoms with E-state index >= 15 is 0 Å². The summed E-state index contributed by atoms with van der Waals surface area (Å²) in [6.07, 6.45) is -3.23. The molecule has 0 aromatic heterocycles. The van der Waals surface area contributed by atoms with Gasteiger partial charge < -0.3 is 25.8 Å². The summed E-state index contributed by atoms with van der Waals surface area (Å²) in [5.74, 6) is -1.22. The number of aliphatic carboxylic acids is 1. The van der Waals surface area contributed by atoms with E-state index in [2.05, 4.69) is 0 Å². The van der Waals surface area contributed by atoms with Crippen molar-refractivity contribution in [3.8, 4) is 0 Å². The summed E-state index contributed by atoms with van der Waals surface area (Å²) in [5, 5.41) is 26.3. The predicted molar refractivity (Wildman–Crippen MR) is 37.4 cm³/mol. The fourth-order valence-corrected chi connectivity index (χ4v) is 1.16. The fraction of sp³-hybridized carbons (Fsp3) is 0.833. The number of aliphatic hydroxyl groups excluding tert-OH is 2. The Morgan fingerprint density at radius 2 is 2.17 bits per heavy atom. The molecule has 1 fully saturated rings. The Balaban J connectivity index is 2.66. The van der Waals surface area contributed by atoms with Crippen LogP contribution in [0.3, 0.4) is 0 Å². The van der Waals surface area contributed by atoms with Gasteiger partial charge in [-0.2, -0.15) is 0 Å². The van der Waals surface area contributed by atoms with Crippen LogP contribution < -0.4 is 5.73 Å². The van der Waals surface area contributed by atoms with E-state index in [0.717, 1.165) is 0 Å². The third kappa shape index (κ3) is 1.42. The van der Waals surface area contributed by atoms with Gasteiger partial charge in [0.15, 0.2) is 6.10 Å². The zero-order valence-electron chi connectivity index (χ0n) is 6.25. The highest BCUT2D eigenvalue weighted by atomic mass is 16.6.